The van der Waals surface area contributed by atoms with Gasteiger partial charge in [0.15, 0.2) is 0 Å². The van der Waals surface area contributed by atoms with Crippen LogP contribution in [0.2, 0.25) is 0 Å². The van der Waals surface area contributed by atoms with E-state index in [-0.39, 0.29) is 43.3 Å². The van der Waals surface area contributed by atoms with Gasteiger partial charge in [0, 0.05) is 24.9 Å². The lowest BCUT2D eigenvalue weighted by atomic mass is 9.89. The Labute approximate surface area is 168 Å². The summed E-state index contributed by atoms with van der Waals surface area (Å²) in [5.74, 6) is -0.847. The van der Waals surface area contributed by atoms with E-state index in [1.807, 2.05) is 0 Å². The van der Waals surface area contributed by atoms with E-state index in [0.29, 0.717) is 16.8 Å². The number of hydrogen-bond donors (Lipinski definition) is 1. The third-order valence-corrected chi connectivity index (χ3v) is 5.47. The molecule has 1 saturated heterocycles. The van der Waals surface area contributed by atoms with E-state index >= 15 is 0 Å². The number of fused-ring (bicyclic) bond motifs is 1. The van der Waals surface area contributed by atoms with Crippen LogP contribution in [0.15, 0.2) is 41.5 Å². The van der Waals surface area contributed by atoms with Gasteiger partial charge in [-0.2, -0.15) is 18.3 Å². The fourth-order valence-electron chi connectivity index (χ4n) is 3.69. The van der Waals surface area contributed by atoms with Gasteiger partial charge in [0.25, 0.3) is 11.5 Å². The Morgan fingerprint density at radius 3 is 2.67 bits per heavy atom. The SMILES string of the molecule is C=C(C1CCN(C(=O)c2cnn(-c3nn4cccc4c(=O)[nH]3)c2C)CC1)C(F)(F)F. The number of amides is 1. The highest BCUT2D eigenvalue weighted by molar-refractivity contribution is 5.95. The zero-order chi connectivity index (χ0) is 21.6. The van der Waals surface area contributed by atoms with E-state index in [1.54, 1.807) is 25.3 Å². The molecule has 1 aliphatic heterocycles. The molecule has 30 heavy (non-hydrogen) atoms. The first kappa shape index (κ1) is 19.9. The molecule has 0 atom stereocenters. The van der Waals surface area contributed by atoms with Crippen LogP contribution < -0.4 is 5.56 Å². The molecular weight excluding hydrogens is 401 g/mol. The van der Waals surface area contributed by atoms with Crippen molar-refractivity contribution in [3.8, 4) is 5.95 Å². The number of H-pyrrole nitrogens is 1. The predicted molar refractivity (Wildman–Crippen MR) is 101 cm³/mol. The zero-order valence-electron chi connectivity index (χ0n) is 16.1. The van der Waals surface area contributed by atoms with Crippen molar-refractivity contribution in [3.63, 3.8) is 0 Å². The molecule has 0 bridgehead atoms. The van der Waals surface area contributed by atoms with Crippen molar-refractivity contribution in [2.75, 3.05) is 13.1 Å². The maximum absolute atomic E-state index is 12.9. The van der Waals surface area contributed by atoms with Crippen molar-refractivity contribution in [3.05, 3.63) is 58.3 Å². The number of carbonyl (C=O) groups excluding carboxylic acids is 1. The molecule has 0 aliphatic carbocycles. The number of piperidine rings is 1. The third-order valence-electron chi connectivity index (χ3n) is 5.47. The molecule has 0 unspecified atom stereocenters. The Hall–Kier alpha value is -3.37. The van der Waals surface area contributed by atoms with Crippen LogP contribution in [-0.2, 0) is 0 Å². The smallest absolute Gasteiger partial charge is 0.338 e. The Morgan fingerprint density at radius 2 is 2.00 bits per heavy atom. The maximum atomic E-state index is 12.9. The number of nitrogens with zero attached hydrogens (tertiary/aromatic N) is 5. The fourth-order valence-corrected chi connectivity index (χ4v) is 3.69. The van der Waals surface area contributed by atoms with Crippen molar-refractivity contribution in [2.24, 2.45) is 5.92 Å². The second kappa shape index (κ2) is 7.15. The predicted octanol–water partition coefficient (Wildman–Crippen LogP) is 2.49. The number of aromatic nitrogens is 5. The van der Waals surface area contributed by atoms with Gasteiger partial charge in [-0.1, -0.05) is 6.58 Å². The molecule has 158 valence electrons. The standard InChI is InChI=1S/C19H19F3N6O2/c1-11(19(20,21)22)13-5-8-26(9-6-13)17(30)14-10-23-28(12(14)2)18-24-16(29)15-4-3-7-27(15)25-18/h3-4,7,10,13H,1,5-6,8-9H2,2H3,(H,24,25,29). The van der Waals surface area contributed by atoms with Crippen molar-refractivity contribution in [1.29, 1.82) is 0 Å². The van der Waals surface area contributed by atoms with Crippen molar-refractivity contribution < 1.29 is 18.0 Å². The molecule has 1 aliphatic rings. The van der Waals surface area contributed by atoms with E-state index in [2.05, 4.69) is 21.8 Å². The molecule has 3 aromatic rings. The quantitative estimate of drug-likeness (QED) is 0.660. The van der Waals surface area contributed by atoms with Crippen LogP contribution in [0.25, 0.3) is 11.5 Å². The summed E-state index contributed by atoms with van der Waals surface area (Å²) in [4.78, 5) is 29.2. The summed E-state index contributed by atoms with van der Waals surface area (Å²) in [5.41, 5.74) is 0.0618. The van der Waals surface area contributed by atoms with Crippen LogP contribution in [0.4, 0.5) is 13.2 Å². The molecule has 1 fully saturated rings. The van der Waals surface area contributed by atoms with Gasteiger partial charge < -0.3 is 4.90 Å². The summed E-state index contributed by atoms with van der Waals surface area (Å²) in [6.45, 7) is 5.24. The molecule has 11 heteroatoms. The van der Waals surface area contributed by atoms with Gasteiger partial charge in [-0.05, 0) is 37.8 Å². The summed E-state index contributed by atoms with van der Waals surface area (Å²) in [5, 5.41) is 8.46. The van der Waals surface area contributed by atoms with Crippen LogP contribution in [0.3, 0.4) is 0 Å². The zero-order valence-corrected chi connectivity index (χ0v) is 16.1. The van der Waals surface area contributed by atoms with Gasteiger partial charge in [0.2, 0.25) is 5.95 Å². The summed E-state index contributed by atoms with van der Waals surface area (Å²) < 4.78 is 41.3. The first-order chi connectivity index (χ1) is 14.2. The average molecular weight is 420 g/mol. The first-order valence-corrected chi connectivity index (χ1v) is 9.34. The Morgan fingerprint density at radius 1 is 1.30 bits per heavy atom. The van der Waals surface area contributed by atoms with Crippen LogP contribution >= 0.6 is 0 Å². The molecule has 3 aromatic heterocycles. The summed E-state index contributed by atoms with van der Waals surface area (Å²) >= 11 is 0. The maximum Gasteiger partial charge on any atom is 0.412 e. The number of aromatic amines is 1. The van der Waals surface area contributed by atoms with Crippen molar-refractivity contribution in [1.82, 2.24) is 29.3 Å². The van der Waals surface area contributed by atoms with E-state index in [9.17, 15) is 22.8 Å². The molecule has 0 spiro atoms. The minimum Gasteiger partial charge on any atom is -0.338 e. The minimum atomic E-state index is -4.42. The van der Waals surface area contributed by atoms with E-state index in [0.717, 1.165) is 0 Å². The molecule has 0 aromatic carbocycles. The molecular formula is C19H19F3N6O2. The number of alkyl halides is 3. The summed E-state index contributed by atoms with van der Waals surface area (Å²) in [6.07, 6.45) is -1.01. The lowest BCUT2D eigenvalue weighted by molar-refractivity contribution is -0.100. The molecule has 1 N–H and O–H groups in total. The van der Waals surface area contributed by atoms with Gasteiger partial charge in [-0.15, -0.1) is 5.10 Å². The minimum absolute atomic E-state index is 0.153. The lowest BCUT2D eigenvalue weighted by Gasteiger charge is -2.33. The van der Waals surface area contributed by atoms with Gasteiger partial charge in [0.1, 0.15) is 5.52 Å². The number of rotatable bonds is 3. The van der Waals surface area contributed by atoms with E-state index in [4.69, 9.17) is 0 Å². The molecule has 0 saturated carbocycles. The summed E-state index contributed by atoms with van der Waals surface area (Å²) in [6, 6.07) is 3.31. The van der Waals surface area contributed by atoms with Gasteiger partial charge >= 0.3 is 6.18 Å². The first-order valence-electron chi connectivity index (χ1n) is 9.34. The fraction of sp³-hybridized carbons (Fsp3) is 0.368. The monoisotopic (exact) mass is 420 g/mol. The highest BCUT2D eigenvalue weighted by Gasteiger charge is 2.38. The summed E-state index contributed by atoms with van der Waals surface area (Å²) in [7, 11) is 0. The number of nitrogens with one attached hydrogen (secondary N) is 1. The number of carbonyl (C=O) groups is 1. The van der Waals surface area contributed by atoms with Crippen LogP contribution in [0, 0.1) is 12.8 Å². The highest BCUT2D eigenvalue weighted by atomic mass is 19.4. The third kappa shape index (κ3) is 3.40. The number of allylic oxidation sites excluding steroid dienone is 1. The average Bonchev–Trinajstić information content (AvgIpc) is 3.33. The second-order valence-electron chi connectivity index (χ2n) is 7.26. The van der Waals surface area contributed by atoms with E-state index in [1.165, 1.54) is 20.3 Å². The van der Waals surface area contributed by atoms with Gasteiger partial charge in [-0.25, -0.2) is 9.20 Å². The van der Waals surface area contributed by atoms with Crippen LogP contribution in [0.1, 0.15) is 28.9 Å². The second-order valence-corrected chi connectivity index (χ2v) is 7.26. The van der Waals surface area contributed by atoms with Gasteiger partial charge in [-0.3, -0.25) is 14.6 Å². The molecule has 0 radical (unpaired) electrons. The molecule has 8 nitrogen and oxygen atoms in total. The molecule has 4 heterocycles. The largest absolute Gasteiger partial charge is 0.412 e. The van der Waals surface area contributed by atoms with Gasteiger partial charge in [0.05, 0.1) is 17.5 Å². The van der Waals surface area contributed by atoms with Crippen LogP contribution in [0.5, 0.6) is 0 Å². The topological polar surface area (TPSA) is 88.3 Å². The highest BCUT2D eigenvalue weighted by Crippen LogP contribution is 2.35. The Bertz CT molecular complexity index is 1180. The Kier molecular flexibility index (Phi) is 4.75. The van der Waals surface area contributed by atoms with E-state index < -0.39 is 17.7 Å². The number of likely N-dealkylation sites (tertiary alicyclic amines) is 1. The molecule has 4 rings (SSSR count). The lowest BCUT2D eigenvalue weighted by Crippen LogP contribution is -2.40. The van der Waals surface area contributed by atoms with Crippen molar-refractivity contribution >= 4 is 11.4 Å². The number of halogens is 3. The van der Waals surface area contributed by atoms with Crippen LogP contribution in [-0.4, -0.2) is 54.5 Å². The Balaban J connectivity index is 1.53. The molecule has 1 amide bonds. The normalized spacial score (nSPS) is 15.7. The van der Waals surface area contributed by atoms with Crippen molar-refractivity contribution in [2.45, 2.75) is 25.9 Å². The number of hydrogen-bond acceptors (Lipinski definition) is 4.